The summed E-state index contributed by atoms with van der Waals surface area (Å²) in [4.78, 5) is 2.52. The van der Waals surface area contributed by atoms with Crippen LogP contribution in [0.4, 0.5) is 4.39 Å². The van der Waals surface area contributed by atoms with Crippen LogP contribution in [0.3, 0.4) is 0 Å². The molecule has 0 radical (unpaired) electrons. The van der Waals surface area contributed by atoms with Crippen molar-refractivity contribution in [1.82, 2.24) is 4.90 Å². The third kappa shape index (κ3) is 5.08. The number of benzene rings is 1. The first-order valence-corrected chi connectivity index (χ1v) is 8.17. The molecule has 0 saturated carbocycles. The average Bonchev–Trinajstić information content (AvgIpc) is 2.41. The maximum atomic E-state index is 13.2. The lowest BCUT2D eigenvalue weighted by Crippen LogP contribution is -2.46. The molecular weight excluding hydrogens is 263 g/mol. The lowest BCUT2D eigenvalue weighted by molar-refractivity contribution is 0.0955. The molecule has 3 heteroatoms. The topological polar surface area (TPSA) is 29.3 Å². The Kier molecular flexibility index (Phi) is 7.33. The van der Waals surface area contributed by atoms with Gasteiger partial charge >= 0.3 is 0 Å². The van der Waals surface area contributed by atoms with E-state index in [0.29, 0.717) is 12.0 Å². The van der Waals surface area contributed by atoms with Crippen LogP contribution >= 0.6 is 0 Å². The van der Waals surface area contributed by atoms with E-state index in [9.17, 15) is 4.39 Å². The molecule has 2 atom stereocenters. The van der Waals surface area contributed by atoms with Crippen LogP contribution in [0.1, 0.15) is 59.1 Å². The first-order valence-electron chi connectivity index (χ1n) is 8.17. The van der Waals surface area contributed by atoms with Gasteiger partial charge in [0.15, 0.2) is 0 Å². The van der Waals surface area contributed by atoms with Gasteiger partial charge < -0.3 is 5.73 Å². The van der Waals surface area contributed by atoms with Crippen LogP contribution in [0.2, 0.25) is 0 Å². The molecule has 0 aliphatic heterocycles. The van der Waals surface area contributed by atoms with E-state index >= 15 is 0 Å². The summed E-state index contributed by atoms with van der Waals surface area (Å²) in [5.74, 6) is 0.382. The molecule has 0 spiro atoms. The molecule has 2 nitrogen and oxygen atoms in total. The SMILES string of the molecule is CCC(CC)N(CC(C)C)C(c1ccc(F)cc1)C(C)N. The molecule has 0 saturated heterocycles. The molecule has 2 unspecified atom stereocenters. The third-order valence-electron chi connectivity index (χ3n) is 4.05. The van der Waals surface area contributed by atoms with Crippen molar-refractivity contribution in [3.8, 4) is 0 Å². The Hall–Kier alpha value is -0.930. The van der Waals surface area contributed by atoms with Gasteiger partial charge in [0.1, 0.15) is 5.82 Å². The van der Waals surface area contributed by atoms with E-state index in [-0.39, 0.29) is 17.9 Å². The van der Waals surface area contributed by atoms with Gasteiger partial charge in [-0.1, -0.05) is 39.8 Å². The van der Waals surface area contributed by atoms with Crippen molar-refractivity contribution in [2.24, 2.45) is 11.7 Å². The largest absolute Gasteiger partial charge is 0.326 e. The standard InChI is InChI=1S/C18H31FN2/c1-6-17(7-2)21(12-13(3)4)18(14(5)20)15-8-10-16(19)11-9-15/h8-11,13-14,17-18H,6-7,12,20H2,1-5H3. The number of nitrogens with zero attached hydrogens (tertiary/aromatic N) is 1. The zero-order chi connectivity index (χ0) is 16.0. The van der Waals surface area contributed by atoms with Crippen LogP contribution in [0.25, 0.3) is 0 Å². The van der Waals surface area contributed by atoms with E-state index in [1.54, 1.807) is 0 Å². The Bertz CT molecular complexity index is 396. The van der Waals surface area contributed by atoms with Crippen molar-refractivity contribution in [3.63, 3.8) is 0 Å². The molecule has 2 N–H and O–H groups in total. The highest BCUT2D eigenvalue weighted by atomic mass is 19.1. The van der Waals surface area contributed by atoms with Crippen LogP contribution in [0.5, 0.6) is 0 Å². The summed E-state index contributed by atoms with van der Waals surface area (Å²) in [6.07, 6.45) is 2.21. The molecule has 0 heterocycles. The van der Waals surface area contributed by atoms with Crippen molar-refractivity contribution in [1.29, 1.82) is 0 Å². The van der Waals surface area contributed by atoms with Crippen LogP contribution in [-0.2, 0) is 0 Å². The zero-order valence-corrected chi connectivity index (χ0v) is 14.1. The summed E-state index contributed by atoms with van der Waals surface area (Å²) in [7, 11) is 0. The fourth-order valence-corrected chi connectivity index (χ4v) is 3.13. The fourth-order valence-electron chi connectivity index (χ4n) is 3.13. The molecule has 0 aliphatic carbocycles. The van der Waals surface area contributed by atoms with Crippen molar-refractivity contribution in [2.75, 3.05) is 6.54 Å². The normalized spacial score (nSPS) is 15.0. The summed E-state index contributed by atoms with van der Waals surface area (Å²) < 4.78 is 13.2. The molecular formula is C18H31FN2. The third-order valence-corrected chi connectivity index (χ3v) is 4.05. The van der Waals surface area contributed by atoms with Crippen molar-refractivity contribution >= 4 is 0 Å². The summed E-state index contributed by atoms with van der Waals surface area (Å²) in [6.45, 7) is 12.0. The van der Waals surface area contributed by atoms with Gasteiger partial charge in [0.2, 0.25) is 0 Å². The second kappa shape index (κ2) is 8.50. The van der Waals surface area contributed by atoms with Crippen LogP contribution in [-0.4, -0.2) is 23.5 Å². The van der Waals surface area contributed by atoms with Gasteiger partial charge in [-0.25, -0.2) is 4.39 Å². The Morgan fingerprint density at radius 2 is 1.57 bits per heavy atom. The highest BCUT2D eigenvalue weighted by molar-refractivity contribution is 5.21. The Morgan fingerprint density at radius 1 is 1.05 bits per heavy atom. The molecule has 1 aromatic rings. The van der Waals surface area contributed by atoms with Gasteiger partial charge in [-0.05, 0) is 43.4 Å². The van der Waals surface area contributed by atoms with Crippen molar-refractivity contribution in [3.05, 3.63) is 35.6 Å². The number of hydrogen-bond donors (Lipinski definition) is 1. The van der Waals surface area contributed by atoms with E-state index in [1.807, 2.05) is 19.1 Å². The summed E-state index contributed by atoms with van der Waals surface area (Å²) in [5.41, 5.74) is 7.41. The van der Waals surface area contributed by atoms with Crippen LogP contribution in [0.15, 0.2) is 24.3 Å². The van der Waals surface area contributed by atoms with E-state index in [0.717, 1.165) is 24.9 Å². The quantitative estimate of drug-likeness (QED) is 0.772. The minimum atomic E-state index is -0.194. The predicted octanol–water partition coefficient (Wildman–Crippen LogP) is 4.36. The summed E-state index contributed by atoms with van der Waals surface area (Å²) >= 11 is 0. The molecule has 120 valence electrons. The van der Waals surface area contributed by atoms with E-state index in [2.05, 4.69) is 32.6 Å². The minimum Gasteiger partial charge on any atom is -0.326 e. The van der Waals surface area contributed by atoms with Gasteiger partial charge in [-0.2, -0.15) is 0 Å². The molecule has 0 amide bonds. The van der Waals surface area contributed by atoms with Gasteiger partial charge in [-0.3, -0.25) is 4.90 Å². The number of rotatable bonds is 8. The van der Waals surface area contributed by atoms with Crippen molar-refractivity contribution in [2.45, 2.75) is 65.6 Å². The van der Waals surface area contributed by atoms with Gasteiger partial charge in [0, 0.05) is 24.7 Å². The average molecular weight is 294 g/mol. The smallest absolute Gasteiger partial charge is 0.123 e. The van der Waals surface area contributed by atoms with E-state index < -0.39 is 0 Å². The lowest BCUT2D eigenvalue weighted by atomic mass is 9.94. The Labute approximate surface area is 129 Å². The lowest BCUT2D eigenvalue weighted by Gasteiger charge is -2.41. The molecule has 0 bridgehead atoms. The summed E-state index contributed by atoms with van der Waals surface area (Å²) in [5, 5.41) is 0. The Morgan fingerprint density at radius 3 is 1.95 bits per heavy atom. The Balaban J connectivity index is 3.15. The molecule has 1 aromatic carbocycles. The highest BCUT2D eigenvalue weighted by Crippen LogP contribution is 2.29. The molecule has 0 aliphatic rings. The number of halogens is 1. The van der Waals surface area contributed by atoms with Crippen LogP contribution < -0.4 is 5.73 Å². The minimum absolute atomic E-state index is 0.00908. The summed E-state index contributed by atoms with van der Waals surface area (Å²) in [6, 6.07) is 7.47. The first kappa shape index (κ1) is 18.1. The van der Waals surface area contributed by atoms with E-state index in [4.69, 9.17) is 5.73 Å². The maximum absolute atomic E-state index is 13.2. The molecule has 0 fully saturated rings. The van der Waals surface area contributed by atoms with Gasteiger partial charge in [0.05, 0.1) is 0 Å². The van der Waals surface area contributed by atoms with E-state index in [1.165, 1.54) is 12.1 Å². The number of nitrogens with two attached hydrogens (primary N) is 1. The molecule has 21 heavy (non-hydrogen) atoms. The first-order chi connectivity index (χ1) is 9.90. The second-order valence-electron chi connectivity index (χ2n) is 6.42. The van der Waals surface area contributed by atoms with Gasteiger partial charge in [0.25, 0.3) is 0 Å². The monoisotopic (exact) mass is 294 g/mol. The zero-order valence-electron chi connectivity index (χ0n) is 14.1. The predicted molar refractivity (Wildman–Crippen MR) is 88.7 cm³/mol. The van der Waals surface area contributed by atoms with Gasteiger partial charge in [-0.15, -0.1) is 0 Å². The molecule has 0 aromatic heterocycles. The van der Waals surface area contributed by atoms with Crippen LogP contribution in [0, 0.1) is 11.7 Å². The second-order valence-corrected chi connectivity index (χ2v) is 6.42. The molecule has 1 rings (SSSR count). The highest BCUT2D eigenvalue weighted by Gasteiger charge is 2.29. The maximum Gasteiger partial charge on any atom is 0.123 e. The fraction of sp³-hybridized carbons (Fsp3) is 0.667. The number of hydrogen-bond acceptors (Lipinski definition) is 2. The van der Waals surface area contributed by atoms with Crippen molar-refractivity contribution < 1.29 is 4.39 Å².